The van der Waals surface area contributed by atoms with Crippen LogP contribution in [0, 0.1) is 0 Å². The Morgan fingerprint density at radius 3 is 2.65 bits per heavy atom. The van der Waals surface area contributed by atoms with Crippen LogP contribution in [0.3, 0.4) is 0 Å². The van der Waals surface area contributed by atoms with Crippen LogP contribution in [0.4, 0.5) is 11.5 Å². The summed E-state index contributed by atoms with van der Waals surface area (Å²) >= 11 is 0. The summed E-state index contributed by atoms with van der Waals surface area (Å²) in [5.41, 5.74) is 3.11. The predicted octanol–water partition coefficient (Wildman–Crippen LogP) is 1.38. The Balaban J connectivity index is 1.81. The number of carboxylic acid groups (broad SMARTS) is 1. The third-order valence-corrected chi connectivity index (χ3v) is 3.52. The molecule has 2 aromatic heterocycles. The van der Waals surface area contributed by atoms with E-state index in [2.05, 4.69) is 20.5 Å². The summed E-state index contributed by atoms with van der Waals surface area (Å²) in [7, 11) is 0. The van der Waals surface area contributed by atoms with Gasteiger partial charge in [-0.25, -0.2) is 4.98 Å². The number of carboxylic acids is 1. The van der Waals surface area contributed by atoms with Crippen molar-refractivity contribution in [2.75, 3.05) is 5.32 Å². The average Bonchev–Trinajstić information content (AvgIpc) is 3.06. The van der Waals surface area contributed by atoms with E-state index in [1.165, 1.54) is 12.1 Å². The molecule has 4 rings (SSSR count). The molecule has 7 nitrogen and oxygen atoms in total. The fraction of sp³-hybridized carbons (Fsp3) is 0. The first-order valence-corrected chi connectivity index (χ1v) is 6.89. The standard InChI is InChI=1S/C16H11N5O2/c22-16(23)10-5-7-11(8-6-10)18-14-15-20-17-9-21(15)13-4-2-1-3-12(13)19-14/h1-9H,(H,18,19)(H,22,23)/p-1. The van der Waals surface area contributed by atoms with Gasteiger partial charge < -0.3 is 15.2 Å². The van der Waals surface area contributed by atoms with Gasteiger partial charge in [0.2, 0.25) is 5.65 Å². The Kier molecular flexibility index (Phi) is 2.90. The molecule has 0 aliphatic heterocycles. The average molecular weight is 304 g/mol. The number of fused-ring (bicyclic) bond motifs is 3. The molecular formula is C16H10N5O2-. The van der Waals surface area contributed by atoms with Gasteiger partial charge in [0, 0.05) is 5.69 Å². The first kappa shape index (κ1) is 13.2. The number of benzene rings is 2. The van der Waals surface area contributed by atoms with Gasteiger partial charge in [0.05, 0.1) is 17.0 Å². The van der Waals surface area contributed by atoms with Crippen LogP contribution in [0.15, 0.2) is 54.9 Å². The van der Waals surface area contributed by atoms with E-state index in [1.54, 1.807) is 18.5 Å². The molecule has 0 spiro atoms. The van der Waals surface area contributed by atoms with Crippen LogP contribution >= 0.6 is 0 Å². The van der Waals surface area contributed by atoms with Crippen molar-refractivity contribution in [3.05, 3.63) is 60.4 Å². The topological polar surface area (TPSA) is 95.2 Å². The van der Waals surface area contributed by atoms with Gasteiger partial charge in [0.25, 0.3) is 0 Å². The lowest BCUT2D eigenvalue weighted by Crippen LogP contribution is -2.21. The number of para-hydroxylation sites is 2. The number of rotatable bonds is 3. The number of nitrogens with one attached hydrogen (secondary N) is 1. The van der Waals surface area contributed by atoms with Crippen molar-refractivity contribution in [2.45, 2.75) is 0 Å². The van der Waals surface area contributed by atoms with E-state index in [-0.39, 0.29) is 5.56 Å². The van der Waals surface area contributed by atoms with Crippen LogP contribution in [0.5, 0.6) is 0 Å². The summed E-state index contributed by atoms with van der Waals surface area (Å²) in [5, 5.41) is 22.0. The van der Waals surface area contributed by atoms with Gasteiger partial charge in [-0.2, -0.15) is 0 Å². The van der Waals surface area contributed by atoms with Crippen LogP contribution in [-0.4, -0.2) is 25.6 Å². The lowest BCUT2D eigenvalue weighted by molar-refractivity contribution is -0.255. The molecule has 2 aromatic carbocycles. The molecule has 2 heterocycles. The summed E-state index contributed by atoms with van der Waals surface area (Å²) in [6.45, 7) is 0. The van der Waals surface area contributed by atoms with Crippen molar-refractivity contribution in [1.82, 2.24) is 19.6 Å². The maximum atomic E-state index is 10.8. The summed E-state index contributed by atoms with van der Waals surface area (Å²) < 4.78 is 1.85. The molecule has 0 fully saturated rings. The highest BCUT2D eigenvalue weighted by atomic mass is 16.4. The highest BCUT2D eigenvalue weighted by Crippen LogP contribution is 2.23. The number of hydrogen-bond acceptors (Lipinski definition) is 6. The number of aromatic carboxylic acids is 1. The number of carbonyl (C=O) groups is 1. The summed E-state index contributed by atoms with van der Waals surface area (Å²) in [6.07, 6.45) is 1.63. The molecule has 0 saturated heterocycles. The Hall–Kier alpha value is -3.48. The minimum Gasteiger partial charge on any atom is -0.545 e. The minimum atomic E-state index is -1.21. The van der Waals surface area contributed by atoms with E-state index in [4.69, 9.17) is 0 Å². The van der Waals surface area contributed by atoms with Crippen molar-refractivity contribution in [3.63, 3.8) is 0 Å². The van der Waals surface area contributed by atoms with E-state index < -0.39 is 5.97 Å². The van der Waals surface area contributed by atoms with Crippen LogP contribution in [0.25, 0.3) is 16.7 Å². The molecule has 0 aliphatic rings. The van der Waals surface area contributed by atoms with Gasteiger partial charge in [-0.1, -0.05) is 24.3 Å². The van der Waals surface area contributed by atoms with E-state index >= 15 is 0 Å². The lowest BCUT2D eigenvalue weighted by Gasteiger charge is -2.10. The summed E-state index contributed by atoms with van der Waals surface area (Å²) in [5.74, 6) is -0.664. The fourth-order valence-corrected chi connectivity index (χ4v) is 2.42. The van der Waals surface area contributed by atoms with E-state index in [0.717, 1.165) is 11.0 Å². The molecule has 7 heteroatoms. The molecule has 0 saturated carbocycles. The number of carbonyl (C=O) groups excluding carboxylic acids is 1. The second-order valence-electron chi connectivity index (χ2n) is 4.96. The maximum absolute atomic E-state index is 10.8. The third-order valence-electron chi connectivity index (χ3n) is 3.52. The van der Waals surface area contributed by atoms with Crippen molar-refractivity contribution in [1.29, 1.82) is 0 Å². The van der Waals surface area contributed by atoms with Crippen molar-refractivity contribution >= 4 is 34.2 Å². The molecule has 23 heavy (non-hydrogen) atoms. The quantitative estimate of drug-likeness (QED) is 0.614. The van der Waals surface area contributed by atoms with Gasteiger partial charge in [-0.05, 0) is 29.8 Å². The number of hydrogen-bond donors (Lipinski definition) is 1. The molecule has 0 radical (unpaired) electrons. The molecule has 0 aliphatic carbocycles. The molecule has 1 N–H and O–H groups in total. The molecule has 0 bridgehead atoms. The Morgan fingerprint density at radius 2 is 1.87 bits per heavy atom. The SMILES string of the molecule is O=C([O-])c1ccc(Nc2nc3ccccc3n3cnnc23)cc1. The minimum absolute atomic E-state index is 0.120. The van der Waals surface area contributed by atoms with Crippen LogP contribution in [0.2, 0.25) is 0 Å². The number of anilines is 2. The first-order valence-electron chi connectivity index (χ1n) is 6.89. The molecule has 112 valence electrons. The van der Waals surface area contributed by atoms with E-state index in [9.17, 15) is 9.90 Å². The van der Waals surface area contributed by atoms with E-state index in [1.807, 2.05) is 28.7 Å². The number of nitrogens with zero attached hydrogens (tertiary/aromatic N) is 4. The Morgan fingerprint density at radius 1 is 1.09 bits per heavy atom. The van der Waals surface area contributed by atoms with Gasteiger partial charge >= 0.3 is 0 Å². The van der Waals surface area contributed by atoms with Crippen LogP contribution in [0.1, 0.15) is 10.4 Å². The molecule has 0 amide bonds. The largest absolute Gasteiger partial charge is 0.545 e. The second-order valence-corrected chi connectivity index (χ2v) is 4.96. The summed E-state index contributed by atoms with van der Waals surface area (Å²) in [6, 6.07) is 13.9. The molecule has 4 aromatic rings. The molecule has 0 atom stereocenters. The second kappa shape index (κ2) is 5.06. The van der Waals surface area contributed by atoms with Crippen LogP contribution in [-0.2, 0) is 0 Å². The normalized spacial score (nSPS) is 11.0. The van der Waals surface area contributed by atoms with E-state index in [0.29, 0.717) is 17.2 Å². The summed E-state index contributed by atoms with van der Waals surface area (Å²) in [4.78, 5) is 15.4. The highest BCUT2D eigenvalue weighted by Gasteiger charge is 2.10. The third kappa shape index (κ3) is 2.24. The smallest absolute Gasteiger partial charge is 0.204 e. The van der Waals surface area contributed by atoms with Crippen molar-refractivity contribution in [2.24, 2.45) is 0 Å². The number of aromatic nitrogens is 4. The molecule has 0 unspecified atom stereocenters. The Bertz CT molecular complexity index is 1020. The predicted molar refractivity (Wildman–Crippen MR) is 82.3 cm³/mol. The zero-order chi connectivity index (χ0) is 15.8. The maximum Gasteiger partial charge on any atom is 0.204 e. The first-order chi connectivity index (χ1) is 11.2. The van der Waals surface area contributed by atoms with Crippen molar-refractivity contribution in [3.8, 4) is 0 Å². The zero-order valence-electron chi connectivity index (χ0n) is 11.8. The Labute approximate surface area is 130 Å². The zero-order valence-corrected chi connectivity index (χ0v) is 11.8. The molecular weight excluding hydrogens is 294 g/mol. The van der Waals surface area contributed by atoms with Crippen molar-refractivity contribution < 1.29 is 9.90 Å². The van der Waals surface area contributed by atoms with Gasteiger partial charge in [0.15, 0.2) is 5.82 Å². The van der Waals surface area contributed by atoms with Crippen LogP contribution < -0.4 is 10.4 Å². The van der Waals surface area contributed by atoms with Gasteiger partial charge in [0.1, 0.15) is 6.33 Å². The fourth-order valence-electron chi connectivity index (χ4n) is 2.42. The highest BCUT2D eigenvalue weighted by molar-refractivity contribution is 5.87. The lowest BCUT2D eigenvalue weighted by atomic mass is 10.2. The van der Waals surface area contributed by atoms with Gasteiger partial charge in [-0.3, -0.25) is 4.40 Å². The van der Waals surface area contributed by atoms with Gasteiger partial charge in [-0.15, -0.1) is 10.2 Å². The monoisotopic (exact) mass is 304 g/mol.